The number of thiazole rings is 1. The topological polar surface area (TPSA) is 81.9 Å². The second kappa shape index (κ2) is 9.72. The third kappa shape index (κ3) is 5.34. The Hall–Kier alpha value is -2.36. The normalized spacial score (nSPS) is 11.8. The molecule has 1 amide bonds. The van der Waals surface area contributed by atoms with Gasteiger partial charge in [-0.25, -0.2) is 4.98 Å². The van der Waals surface area contributed by atoms with Crippen LogP contribution in [0.2, 0.25) is 5.02 Å². The molecule has 1 unspecified atom stereocenters. The highest BCUT2D eigenvalue weighted by molar-refractivity contribution is 7.99. The lowest BCUT2D eigenvalue weighted by Crippen LogP contribution is -2.15. The van der Waals surface area contributed by atoms with Crippen molar-refractivity contribution in [1.82, 2.24) is 19.7 Å². The quantitative estimate of drug-likeness (QED) is 0.395. The molecule has 1 atom stereocenters. The highest BCUT2D eigenvalue weighted by Crippen LogP contribution is 2.26. The van der Waals surface area contributed by atoms with Crippen LogP contribution in [-0.4, -0.2) is 31.4 Å². The number of carbonyl (C=O) groups is 1. The molecule has 0 aliphatic heterocycles. The van der Waals surface area contributed by atoms with Crippen molar-refractivity contribution in [1.29, 1.82) is 0 Å². The summed E-state index contributed by atoms with van der Waals surface area (Å²) in [4.78, 5) is 16.1. The lowest BCUT2D eigenvalue weighted by atomic mass is 10.3. The lowest BCUT2D eigenvalue weighted by molar-refractivity contribution is -0.113. The van der Waals surface area contributed by atoms with E-state index in [2.05, 4.69) is 27.1 Å². The monoisotopic (exact) mass is 435 g/mol. The summed E-state index contributed by atoms with van der Waals surface area (Å²) in [5, 5.41) is 14.8. The van der Waals surface area contributed by atoms with Crippen LogP contribution in [0.3, 0.4) is 0 Å². The fourth-order valence-corrected chi connectivity index (χ4v) is 3.86. The number of nitrogens with zero attached hydrogens (tertiary/aromatic N) is 4. The third-order valence-corrected chi connectivity index (χ3v) is 5.43. The van der Waals surface area contributed by atoms with E-state index in [4.69, 9.17) is 16.3 Å². The SMILES string of the molecule is C=CCn1c(SCC(=O)Nc2nccs2)nnc1C(C)Oc1cccc(Cl)c1. The number of amides is 1. The summed E-state index contributed by atoms with van der Waals surface area (Å²) in [5.41, 5.74) is 0. The van der Waals surface area contributed by atoms with Gasteiger partial charge in [-0.2, -0.15) is 0 Å². The standard InChI is InChI=1S/C18H18ClN5O2S2/c1-3-8-24-16(12(2)26-14-6-4-5-13(19)10-14)22-23-18(24)28-11-15(25)21-17-20-7-9-27-17/h3-7,9-10,12H,1,8,11H2,2H3,(H,20,21,25). The van der Waals surface area contributed by atoms with E-state index >= 15 is 0 Å². The zero-order valence-electron chi connectivity index (χ0n) is 15.0. The van der Waals surface area contributed by atoms with Gasteiger partial charge in [-0.15, -0.1) is 28.1 Å². The zero-order chi connectivity index (χ0) is 19.9. The zero-order valence-corrected chi connectivity index (χ0v) is 17.4. The number of anilines is 1. The highest BCUT2D eigenvalue weighted by atomic mass is 35.5. The first-order valence-corrected chi connectivity index (χ1v) is 10.6. The van der Waals surface area contributed by atoms with Crippen molar-refractivity contribution in [2.45, 2.75) is 24.7 Å². The lowest BCUT2D eigenvalue weighted by Gasteiger charge is -2.15. The van der Waals surface area contributed by atoms with Gasteiger partial charge in [0.25, 0.3) is 0 Å². The minimum absolute atomic E-state index is 0.155. The van der Waals surface area contributed by atoms with Gasteiger partial charge in [-0.1, -0.05) is 35.5 Å². The maximum Gasteiger partial charge on any atom is 0.236 e. The molecule has 0 aliphatic carbocycles. The molecule has 0 spiro atoms. The number of benzene rings is 1. The number of aromatic nitrogens is 4. The predicted octanol–water partition coefficient (Wildman–Crippen LogP) is 4.44. The van der Waals surface area contributed by atoms with Crippen LogP contribution >= 0.6 is 34.7 Å². The highest BCUT2D eigenvalue weighted by Gasteiger charge is 2.20. The van der Waals surface area contributed by atoms with E-state index in [1.807, 2.05) is 23.6 Å². The first kappa shape index (κ1) is 20.4. The van der Waals surface area contributed by atoms with Crippen molar-refractivity contribution < 1.29 is 9.53 Å². The van der Waals surface area contributed by atoms with Crippen molar-refractivity contribution in [2.75, 3.05) is 11.1 Å². The summed E-state index contributed by atoms with van der Waals surface area (Å²) >= 11 is 8.67. The minimum Gasteiger partial charge on any atom is -0.483 e. The number of hydrogen-bond acceptors (Lipinski definition) is 7. The van der Waals surface area contributed by atoms with Gasteiger partial charge in [0, 0.05) is 23.1 Å². The van der Waals surface area contributed by atoms with E-state index in [0.29, 0.717) is 33.4 Å². The van der Waals surface area contributed by atoms with Crippen LogP contribution in [0, 0.1) is 0 Å². The van der Waals surface area contributed by atoms with Gasteiger partial charge < -0.3 is 10.1 Å². The van der Waals surface area contributed by atoms with Crippen molar-refractivity contribution >= 4 is 45.7 Å². The van der Waals surface area contributed by atoms with E-state index < -0.39 is 0 Å². The Morgan fingerprint density at radius 2 is 2.36 bits per heavy atom. The van der Waals surface area contributed by atoms with Gasteiger partial charge in [0.15, 0.2) is 22.2 Å². The van der Waals surface area contributed by atoms with E-state index in [1.54, 1.807) is 29.8 Å². The first-order chi connectivity index (χ1) is 13.6. The molecule has 0 aliphatic rings. The van der Waals surface area contributed by atoms with Crippen LogP contribution in [0.25, 0.3) is 0 Å². The van der Waals surface area contributed by atoms with Gasteiger partial charge in [-0.3, -0.25) is 9.36 Å². The van der Waals surface area contributed by atoms with Crippen LogP contribution in [0.15, 0.2) is 53.7 Å². The molecule has 0 radical (unpaired) electrons. The number of ether oxygens (including phenoxy) is 1. The summed E-state index contributed by atoms with van der Waals surface area (Å²) in [5.74, 6) is 1.32. The average Bonchev–Trinajstić information content (AvgIpc) is 3.30. The predicted molar refractivity (Wildman–Crippen MR) is 112 cm³/mol. The Morgan fingerprint density at radius 1 is 1.50 bits per heavy atom. The number of allylic oxidation sites excluding steroid dienone is 1. The Kier molecular flexibility index (Phi) is 7.07. The summed E-state index contributed by atoms with van der Waals surface area (Å²) in [6.07, 6.45) is 3.03. The van der Waals surface area contributed by atoms with Crippen LogP contribution < -0.4 is 10.1 Å². The summed E-state index contributed by atoms with van der Waals surface area (Å²) in [6.45, 7) is 6.17. The van der Waals surface area contributed by atoms with E-state index in [-0.39, 0.29) is 17.8 Å². The van der Waals surface area contributed by atoms with Gasteiger partial charge in [0.1, 0.15) is 5.75 Å². The largest absolute Gasteiger partial charge is 0.483 e. The minimum atomic E-state index is -0.357. The van der Waals surface area contributed by atoms with Crippen LogP contribution in [-0.2, 0) is 11.3 Å². The number of nitrogens with one attached hydrogen (secondary N) is 1. The summed E-state index contributed by atoms with van der Waals surface area (Å²) < 4.78 is 7.82. The fourth-order valence-electron chi connectivity index (χ4n) is 2.38. The van der Waals surface area contributed by atoms with Crippen molar-refractivity contribution in [3.63, 3.8) is 0 Å². The molecule has 3 rings (SSSR count). The van der Waals surface area contributed by atoms with Crippen LogP contribution in [0.1, 0.15) is 18.9 Å². The molecular weight excluding hydrogens is 418 g/mol. The van der Waals surface area contributed by atoms with E-state index in [1.165, 1.54) is 23.1 Å². The number of rotatable bonds is 9. The van der Waals surface area contributed by atoms with Crippen LogP contribution in [0.5, 0.6) is 5.75 Å². The second-order valence-electron chi connectivity index (χ2n) is 5.63. The average molecular weight is 436 g/mol. The molecule has 1 aromatic carbocycles. The molecule has 28 heavy (non-hydrogen) atoms. The summed E-state index contributed by atoms with van der Waals surface area (Å²) in [7, 11) is 0. The Morgan fingerprint density at radius 3 is 3.07 bits per heavy atom. The number of thioether (sulfide) groups is 1. The molecule has 10 heteroatoms. The van der Waals surface area contributed by atoms with Crippen molar-refractivity contribution in [3.05, 3.63) is 59.3 Å². The van der Waals surface area contributed by atoms with Gasteiger partial charge in [-0.05, 0) is 25.1 Å². The van der Waals surface area contributed by atoms with E-state index in [0.717, 1.165) is 0 Å². The molecule has 0 bridgehead atoms. The smallest absolute Gasteiger partial charge is 0.236 e. The van der Waals surface area contributed by atoms with Crippen molar-refractivity contribution in [3.8, 4) is 5.75 Å². The molecule has 7 nitrogen and oxygen atoms in total. The molecule has 3 aromatic rings. The van der Waals surface area contributed by atoms with Gasteiger partial charge in [0.2, 0.25) is 5.91 Å². The van der Waals surface area contributed by atoms with Crippen LogP contribution in [0.4, 0.5) is 5.13 Å². The fraction of sp³-hybridized carbons (Fsp3) is 0.222. The molecule has 0 saturated heterocycles. The Bertz CT molecular complexity index is 945. The molecule has 2 aromatic heterocycles. The Labute approximate surface area is 175 Å². The van der Waals surface area contributed by atoms with Gasteiger partial charge in [0.05, 0.1) is 5.75 Å². The molecule has 0 fully saturated rings. The molecule has 1 N–H and O–H groups in total. The summed E-state index contributed by atoms with van der Waals surface area (Å²) in [6, 6.07) is 7.17. The molecular formula is C18H18ClN5O2S2. The molecule has 0 saturated carbocycles. The second-order valence-corrected chi connectivity index (χ2v) is 7.91. The number of hydrogen-bond donors (Lipinski definition) is 1. The van der Waals surface area contributed by atoms with E-state index in [9.17, 15) is 4.79 Å². The maximum absolute atomic E-state index is 12.1. The first-order valence-electron chi connectivity index (χ1n) is 8.35. The number of carbonyl (C=O) groups excluding carboxylic acids is 1. The molecule has 2 heterocycles. The van der Waals surface area contributed by atoms with Crippen molar-refractivity contribution in [2.24, 2.45) is 0 Å². The Balaban J connectivity index is 1.68. The molecule has 146 valence electrons. The third-order valence-electron chi connectivity index (χ3n) is 3.54. The van der Waals surface area contributed by atoms with Gasteiger partial charge >= 0.3 is 0 Å². The number of halogens is 1. The maximum atomic E-state index is 12.1.